The van der Waals surface area contributed by atoms with Gasteiger partial charge in [0.1, 0.15) is 9.61 Å². The average molecular weight is 338 g/mol. The molecule has 2 rings (SSSR count). The van der Waals surface area contributed by atoms with E-state index in [1.807, 2.05) is 6.07 Å². The number of nitrogens with two attached hydrogens (primary N) is 1. The van der Waals surface area contributed by atoms with Crippen LogP contribution in [-0.2, 0) is 6.54 Å². The van der Waals surface area contributed by atoms with Gasteiger partial charge in [0.2, 0.25) is 0 Å². The number of nitrogens with zero attached hydrogens (tertiary/aromatic N) is 1. The van der Waals surface area contributed by atoms with Crippen LogP contribution in [0.5, 0.6) is 0 Å². The van der Waals surface area contributed by atoms with E-state index in [1.165, 1.54) is 11.3 Å². The molecule has 2 N–H and O–H groups in total. The summed E-state index contributed by atoms with van der Waals surface area (Å²) in [6.07, 6.45) is 0. The van der Waals surface area contributed by atoms with E-state index in [1.54, 1.807) is 12.1 Å². The molecule has 84 valence electrons. The maximum Gasteiger partial charge on any atom is 0.125 e. The van der Waals surface area contributed by atoms with Crippen LogP contribution >= 0.6 is 50.5 Å². The van der Waals surface area contributed by atoms with Crippen molar-refractivity contribution < 1.29 is 0 Å². The predicted molar refractivity (Wildman–Crippen MR) is 73.2 cm³/mol. The molecule has 0 bridgehead atoms. The molecule has 1 aromatic carbocycles. The van der Waals surface area contributed by atoms with Gasteiger partial charge in [0.15, 0.2) is 0 Å². The predicted octanol–water partition coefficient (Wildman–Crippen LogP) is 4.34. The molecule has 0 aliphatic carbocycles. The largest absolute Gasteiger partial charge is 0.325 e. The van der Waals surface area contributed by atoms with E-state index in [2.05, 4.69) is 20.9 Å². The van der Waals surface area contributed by atoms with Crippen molar-refractivity contribution in [1.29, 1.82) is 0 Å². The van der Waals surface area contributed by atoms with Crippen LogP contribution in [0.3, 0.4) is 0 Å². The van der Waals surface area contributed by atoms with Crippen LogP contribution in [0.4, 0.5) is 0 Å². The summed E-state index contributed by atoms with van der Waals surface area (Å²) in [5.74, 6) is 0. The summed E-state index contributed by atoms with van der Waals surface area (Å²) >= 11 is 16.9. The maximum absolute atomic E-state index is 6.13. The minimum absolute atomic E-state index is 0.425. The van der Waals surface area contributed by atoms with E-state index < -0.39 is 0 Å². The molecule has 0 aliphatic rings. The molecular weight excluding hydrogens is 331 g/mol. The van der Waals surface area contributed by atoms with Gasteiger partial charge in [-0.05, 0) is 28.1 Å². The molecule has 0 saturated heterocycles. The third-order valence-electron chi connectivity index (χ3n) is 1.98. The van der Waals surface area contributed by atoms with Crippen molar-refractivity contribution in [3.8, 4) is 10.4 Å². The smallest absolute Gasteiger partial charge is 0.125 e. The molecule has 0 radical (unpaired) electrons. The van der Waals surface area contributed by atoms with Crippen LogP contribution in [0, 0.1) is 0 Å². The molecule has 2 aromatic rings. The van der Waals surface area contributed by atoms with Crippen molar-refractivity contribution in [3.05, 3.63) is 37.9 Å². The van der Waals surface area contributed by atoms with Gasteiger partial charge < -0.3 is 5.73 Å². The number of hydrogen-bond donors (Lipinski definition) is 1. The first kappa shape index (κ1) is 12.3. The molecule has 0 saturated carbocycles. The normalized spacial score (nSPS) is 10.8. The lowest BCUT2D eigenvalue weighted by Crippen LogP contribution is -1.93. The topological polar surface area (TPSA) is 38.9 Å². The van der Waals surface area contributed by atoms with Crippen molar-refractivity contribution in [3.63, 3.8) is 0 Å². The summed E-state index contributed by atoms with van der Waals surface area (Å²) in [5.41, 5.74) is 6.46. The highest BCUT2D eigenvalue weighted by Gasteiger charge is 2.13. The average Bonchev–Trinajstić information content (AvgIpc) is 2.60. The Morgan fingerprint density at radius 3 is 2.69 bits per heavy atom. The van der Waals surface area contributed by atoms with Gasteiger partial charge in [-0.25, -0.2) is 4.98 Å². The lowest BCUT2D eigenvalue weighted by atomic mass is 10.2. The van der Waals surface area contributed by atoms with Crippen molar-refractivity contribution in [2.24, 2.45) is 5.73 Å². The zero-order valence-corrected chi connectivity index (χ0v) is 11.9. The summed E-state index contributed by atoms with van der Waals surface area (Å²) < 4.78 is 0.766. The summed E-state index contributed by atoms with van der Waals surface area (Å²) in [4.78, 5) is 5.26. The van der Waals surface area contributed by atoms with Gasteiger partial charge in [-0.2, -0.15) is 0 Å². The van der Waals surface area contributed by atoms with Crippen LogP contribution in [0.25, 0.3) is 10.4 Å². The standard InChI is InChI=1S/C10H7BrCl2N2S/c11-10-9(16-8(4-14)15-10)6-2-1-5(12)3-7(6)13/h1-3H,4,14H2. The molecule has 0 atom stereocenters. The van der Waals surface area contributed by atoms with Gasteiger partial charge >= 0.3 is 0 Å². The Morgan fingerprint density at radius 1 is 1.38 bits per heavy atom. The van der Waals surface area contributed by atoms with Crippen molar-refractivity contribution in [2.45, 2.75) is 6.54 Å². The summed E-state index contributed by atoms with van der Waals surface area (Å²) in [6, 6.07) is 5.40. The van der Waals surface area contributed by atoms with Crippen LogP contribution in [0.15, 0.2) is 22.8 Å². The monoisotopic (exact) mass is 336 g/mol. The van der Waals surface area contributed by atoms with Crippen LogP contribution in [0.2, 0.25) is 10.0 Å². The van der Waals surface area contributed by atoms with Gasteiger partial charge in [0.25, 0.3) is 0 Å². The van der Waals surface area contributed by atoms with Crippen LogP contribution in [0.1, 0.15) is 5.01 Å². The fourth-order valence-electron chi connectivity index (χ4n) is 1.27. The molecule has 2 nitrogen and oxygen atoms in total. The number of aromatic nitrogens is 1. The fraction of sp³-hybridized carbons (Fsp3) is 0.100. The second-order valence-corrected chi connectivity index (χ2v) is 5.73. The number of benzene rings is 1. The van der Waals surface area contributed by atoms with Gasteiger partial charge in [0, 0.05) is 17.1 Å². The van der Waals surface area contributed by atoms with E-state index in [0.29, 0.717) is 16.6 Å². The van der Waals surface area contributed by atoms with Gasteiger partial charge in [-0.15, -0.1) is 11.3 Å². The van der Waals surface area contributed by atoms with E-state index in [9.17, 15) is 0 Å². The van der Waals surface area contributed by atoms with E-state index in [-0.39, 0.29) is 0 Å². The summed E-state index contributed by atoms with van der Waals surface area (Å²) in [6.45, 7) is 0.425. The number of hydrogen-bond acceptors (Lipinski definition) is 3. The second-order valence-electron chi connectivity index (χ2n) is 3.06. The summed E-state index contributed by atoms with van der Waals surface area (Å²) in [5, 5.41) is 2.10. The Balaban J connectivity index is 2.53. The third-order valence-corrected chi connectivity index (χ3v) is 4.48. The summed E-state index contributed by atoms with van der Waals surface area (Å²) in [7, 11) is 0. The number of thiazole rings is 1. The first-order valence-electron chi connectivity index (χ1n) is 4.42. The third kappa shape index (κ3) is 2.41. The lowest BCUT2D eigenvalue weighted by Gasteiger charge is -2.01. The highest BCUT2D eigenvalue weighted by atomic mass is 79.9. The van der Waals surface area contributed by atoms with Gasteiger partial charge in [-0.1, -0.05) is 29.3 Å². The Labute approximate surface area is 116 Å². The SMILES string of the molecule is NCc1nc(Br)c(-c2ccc(Cl)cc2Cl)s1. The zero-order valence-electron chi connectivity index (χ0n) is 8.01. The van der Waals surface area contributed by atoms with Crippen LogP contribution < -0.4 is 5.73 Å². The minimum atomic E-state index is 0.425. The molecule has 16 heavy (non-hydrogen) atoms. The molecule has 1 aromatic heterocycles. The quantitative estimate of drug-likeness (QED) is 0.885. The fourth-order valence-corrected chi connectivity index (χ4v) is 3.49. The molecule has 0 spiro atoms. The lowest BCUT2D eigenvalue weighted by molar-refractivity contribution is 1.03. The van der Waals surface area contributed by atoms with Crippen molar-refractivity contribution >= 4 is 50.5 Å². The molecule has 0 fully saturated rings. The first-order chi connectivity index (χ1) is 7.61. The van der Waals surface area contributed by atoms with E-state index >= 15 is 0 Å². The van der Waals surface area contributed by atoms with Gasteiger partial charge in [-0.3, -0.25) is 0 Å². The number of halogens is 3. The zero-order chi connectivity index (χ0) is 11.7. The minimum Gasteiger partial charge on any atom is -0.325 e. The van der Waals surface area contributed by atoms with E-state index in [0.717, 1.165) is 20.1 Å². The van der Waals surface area contributed by atoms with Crippen LogP contribution in [-0.4, -0.2) is 4.98 Å². The molecule has 6 heteroatoms. The molecule has 1 heterocycles. The van der Waals surface area contributed by atoms with Gasteiger partial charge in [0.05, 0.1) is 9.90 Å². The maximum atomic E-state index is 6.13. The highest BCUT2D eigenvalue weighted by Crippen LogP contribution is 2.38. The molecule has 0 aliphatic heterocycles. The highest BCUT2D eigenvalue weighted by molar-refractivity contribution is 9.10. The Bertz CT molecular complexity index is 528. The molecular formula is C10H7BrCl2N2S. The Hall–Kier alpha value is -0.130. The number of rotatable bonds is 2. The molecule has 0 unspecified atom stereocenters. The first-order valence-corrected chi connectivity index (χ1v) is 6.79. The Morgan fingerprint density at radius 2 is 2.12 bits per heavy atom. The van der Waals surface area contributed by atoms with E-state index in [4.69, 9.17) is 28.9 Å². The second kappa shape index (κ2) is 5.02. The van der Waals surface area contributed by atoms with Crippen molar-refractivity contribution in [2.75, 3.05) is 0 Å². The molecule has 0 amide bonds. The Kier molecular flexibility index (Phi) is 3.87. The van der Waals surface area contributed by atoms with Crippen molar-refractivity contribution in [1.82, 2.24) is 4.98 Å².